The molecule has 0 bridgehead atoms. The molecule has 0 fully saturated rings. The van der Waals surface area contributed by atoms with Crippen molar-refractivity contribution in [2.24, 2.45) is 0 Å². The highest BCUT2D eigenvalue weighted by Gasteiger charge is 2.33. The van der Waals surface area contributed by atoms with Gasteiger partial charge in [-0.1, -0.05) is 20.3 Å². The lowest BCUT2D eigenvalue weighted by Gasteiger charge is -2.28. The highest BCUT2D eigenvalue weighted by molar-refractivity contribution is 5.97. The first-order chi connectivity index (χ1) is 11.4. The van der Waals surface area contributed by atoms with Crippen LogP contribution in [0.5, 0.6) is 5.75 Å². The number of rotatable bonds is 11. The Morgan fingerprint density at radius 1 is 1.12 bits per heavy atom. The second-order valence-corrected chi connectivity index (χ2v) is 6.46. The van der Waals surface area contributed by atoms with Gasteiger partial charge in [0.15, 0.2) is 0 Å². The summed E-state index contributed by atoms with van der Waals surface area (Å²) in [7, 11) is 4.02. The summed E-state index contributed by atoms with van der Waals surface area (Å²) in [5.41, 5.74) is -0.0339. The van der Waals surface area contributed by atoms with Crippen molar-refractivity contribution in [3.8, 4) is 5.75 Å². The zero-order valence-corrected chi connectivity index (χ0v) is 15.7. The van der Waals surface area contributed by atoms with Crippen molar-refractivity contribution in [2.45, 2.75) is 45.6 Å². The fraction of sp³-hybridized carbons (Fsp3) is 0.632. The summed E-state index contributed by atoms with van der Waals surface area (Å²) < 4.78 is 11.5. The predicted molar refractivity (Wildman–Crippen MR) is 98.7 cm³/mol. The van der Waals surface area contributed by atoms with E-state index in [1.54, 1.807) is 0 Å². The molecule has 0 aliphatic rings. The molecule has 5 heteroatoms. The molecular weight excluding hydrogens is 304 g/mol. The standard InChI is InChI=1S/C19H32N2O3/c1-6-12-19(3,24-14-7-2)18(22)20-16-8-10-17(11-9-16)23-15-13-21(4)5/h8-11H,6-7,12-15H2,1-5H3,(H,20,22)/t19-/m1/s1. The first-order valence-electron chi connectivity index (χ1n) is 8.74. The predicted octanol–water partition coefficient (Wildman–Crippen LogP) is 3.55. The minimum absolute atomic E-state index is 0.0981. The molecule has 0 heterocycles. The van der Waals surface area contributed by atoms with Crippen LogP contribution in [0.15, 0.2) is 24.3 Å². The van der Waals surface area contributed by atoms with Gasteiger partial charge < -0.3 is 19.7 Å². The number of ether oxygens (including phenoxy) is 2. The lowest BCUT2D eigenvalue weighted by atomic mass is 9.99. The van der Waals surface area contributed by atoms with E-state index in [9.17, 15) is 4.79 Å². The van der Waals surface area contributed by atoms with E-state index in [0.717, 1.165) is 30.8 Å². The molecule has 0 unspecified atom stereocenters. The second-order valence-electron chi connectivity index (χ2n) is 6.46. The van der Waals surface area contributed by atoms with Crippen LogP contribution < -0.4 is 10.1 Å². The van der Waals surface area contributed by atoms with Crippen molar-refractivity contribution < 1.29 is 14.3 Å². The Morgan fingerprint density at radius 3 is 2.33 bits per heavy atom. The quantitative estimate of drug-likeness (QED) is 0.671. The van der Waals surface area contributed by atoms with Gasteiger partial charge in [-0.2, -0.15) is 0 Å². The molecule has 0 saturated carbocycles. The van der Waals surface area contributed by atoms with Gasteiger partial charge in [0.1, 0.15) is 18.0 Å². The van der Waals surface area contributed by atoms with Crippen LogP contribution in [0.4, 0.5) is 5.69 Å². The largest absolute Gasteiger partial charge is 0.492 e. The van der Waals surface area contributed by atoms with E-state index in [-0.39, 0.29) is 5.91 Å². The van der Waals surface area contributed by atoms with Crippen molar-refractivity contribution in [3.63, 3.8) is 0 Å². The number of amides is 1. The molecule has 24 heavy (non-hydrogen) atoms. The van der Waals surface area contributed by atoms with Crippen LogP contribution in [-0.4, -0.2) is 50.3 Å². The summed E-state index contributed by atoms with van der Waals surface area (Å²) in [5, 5.41) is 2.95. The first-order valence-corrected chi connectivity index (χ1v) is 8.74. The molecule has 0 aliphatic heterocycles. The zero-order chi connectivity index (χ0) is 18.0. The number of nitrogens with zero attached hydrogens (tertiary/aromatic N) is 1. The molecule has 5 nitrogen and oxygen atoms in total. The molecular formula is C19H32N2O3. The van der Waals surface area contributed by atoms with Crippen LogP contribution in [0.25, 0.3) is 0 Å². The third-order valence-electron chi connectivity index (χ3n) is 3.75. The van der Waals surface area contributed by atoms with Gasteiger partial charge in [0.05, 0.1) is 0 Å². The van der Waals surface area contributed by atoms with Gasteiger partial charge in [0, 0.05) is 18.8 Å². The summed E-state index contributed by atoms with van der Waals surface area (Å²) in [5.74, 6) is 0.701. The van der Waals surface area contributed by atoms with Crippen LogP contribution in [0.3, 0.4) is 0 Å². The molecule has 0 saturated heterocycles. The molecule has 1 atom stereocenters. The topological polar surface area (TPSA) is 50.8 Å². The zero-order valence-electron chi connectivity index (χ0n) is 15.7. The number of hydrogen-bond acceptors (Lipinski definition) is 4. The Kier molecular flexibility index (Phi) is 8.79. The van der Waals surface area contributed by atoms with E-state index in [1.165, 1.54) is 0 Å². The van der Waals surface area contributed by atoms with Crippen molar-refractivity contribution in [1.29, 1.82) is 0 Å². The van der Waals surface area contributed by atoms with Crippen molar-refractivity contribution in [3.05, 3.63) is 24.3 Å². The number of carbonyl (C=O) groups is 1. The average Bonchev–Trinajstić information content (AvgIpc) is 2.54. The number of likely N-dealkylation sites (N-methyl/N-ethyl adjacent to an activating group) is 1. The molecule has 0 spiro atoms. The summed E-state index contributed by atoms with van der Waals surface area (Å²) in [6.45, 7) is 8.05. The van der Waals surface area contributed by atoms with E-state index in [2.05, 4.69) is 17.1 Å². The van der Waals surface area contributed by atoms with Gasteiger partial charge in [-0.3, -0.25) is 4.79 Å². The monoisotopic (exact) mass is 336 g/mol. The summed E-state index contributed by atoms with van der Waals surface area (Å²) in [4.78, 5) is 14.7. The Labute approximate surface area is 146 Å². The summed E-state index contributed by atoms with van der Waals surface area (Å²) >= 11 is 0. The Bertz CT molecular complexity index is 488. The Hall–Kier alpha value is -1.59. The van der Waals surface area contributed by atoms with Gasteiger partial charge in [-0.25, -0.2) is 0 Å². The lowest BCUT2D eigenvalue weighted by Crippen LogP contribution is -2.43. The van der Waals surface area contributed by atoms with Crippen LogP contribution in [0.1, 0.15) is 40.0 Å². The normalized spacial score (nSPS) is 13.6. The Morgan fingerprint density at radius 2 is 1.79 bits per heavy atom. The van der Waals surface area contributed by atoms with E-state index < -0.39 is 5.60 Å². The van der Waals surface area contributed by atoms with Gasteiger partial charge >= 0.3 is 0 Å². The molecule has 1 aromatic carbocycles. The Balaban J connectivity index is 2.61. The van der Waals surface area contributed by atoms with Crippen LogP contribution in [0, 0.1) is 0 Å². The minimum atomic E-state index is -0.786. The maximum Gasteiger partial charge on any atom is 0.256 e. The highest BCUT2D eigenvalue weighted by Crippen LogP contribution is 2.22. The molecule has 136 valence electrons. The SMILES string of the molecule is CCCO[C@](C)(CCC)C(=O)Nc1ccc(OCCN(C)C)cc1. The molecule has 1 rings (SSSR count). The molecule has 1 amide bonds. The third-order valence-corrected chi connectivity index (χ3v) is 3.75. The summed E-state index contributed by atoms with van der Waals surface area (Å²) in [6.07, 6.45) is 2.49. The highest BCUT2D eigenvalue weighted by atomic mass is 16.5. The smallest absolute Gasteiger partial charge is 0.256 e. The number of anilines is 1. The maximum atomic E-state index is 12.6. The van der Waals surface area contributed by atoms with Gasteiger partial charge in [-0.05, 0) is 58.1 Å². The van der Waals surface area contributed by atoms with Gasteiger partial charge in [-0.15, -0.1) is 0 Å². The van der Waals surface area contributed by atoms with Crippen LogP contribution in [-0.2, 0) is 9.53 Å². The molecule has 0 aliphatic carbocycles. The van der Waals surface area contributed by atoms with Gasteiger partial charge in [0.2, 0.25) is 0 Å². The van der Waals surface area contributed by atoms with E-state index >= 15 is 0 Å². The third kappa shape index (κ3) is 6.89. The maximum absolute atomic E-state index is 12.6. The molecule has 1 N–H and O–H groups in total. The van der Waals surface area contributed by atoms with Gasteiger partial charge in [0.25, 0.3) is 5.91 Å². The lowest BCUT2D eigenvalue weighted by molar-refractivity contribution is -0.140. The second kappa shape index (κ2) is 10.3. The van der Waals surface area contributed by atoms with Crippen LogP contribution >= 0.6 is 0 Å². The minimum Gasteiger partial charge on any atom is -0.492 e. The van der Waals surface area contributed by atoms with E-state index in [1.807, 2.05) is 52.2 Å². The number of benzene rings is 1. The summed E-state index contributed by atoms with van der Waals surface area (Å²) in [6, 6.07) is 7.45. The van der Waals surface area contributed by atoms with E-state index in [4.69, 9.17) is 9.47 Å². The first kappa shape index (κ1) is 20.5. The number of nitrogens with one attached hydrogen (secondary N) is 1. The molecule has 0 radical (unpaired) electrons. The van der Waals surface area contributed by atoms with Crippen LogP contribution in [0.2, 0.25) is 0 Å². The molecule has 0 aromatic heterocycles. The average molecular weight is 336 g/mol. The fourth-order valence-corrected chi connectivity index (χ4v) is 2.30. The number of hydrogen-bond donors (Lipinski definition) is 1. The van der Waals surface area contributed by atoms with Crippen molar-refractivity contribution in [1.82, 2.24) is 4.90 Å². The van der Waals surface area contributed by atoms with Crippen molar-refractivity contribution in [2.75, 3.05) is 39.2 Å². The van der Waals surface area contributed by atoms with Crippen molar-refractivity contribution >= 4 is 11.6 Å². The molecule has 1 aromatic rings. The van der Waals surface area contributed by atoms with E-state index in [0.29, 0.717) is 19.6 Å². The fourth-order valence-electron chi connectivity index (χ4n) is 2.30. The number of carbonyl (C=O) groups excluding carboxylic acids is 1.